The van der Waals surface area contributed by atoms with Gasteiger partial charge in [-0.15, -0.1) is 0 Å². The van der Waals surface area contributed by atoms with Crippen molar-refractivity contribution >= 4 is 28.4 Å². The molecule has 1 aromatic carbocycles. The molecule has 45 heavy (non-hydrogen) atoms. The fraction of sp³-hybridized carbons (Fsp3) is 0.379. The fourth-order valence-corrected chi connectivity index (χ4v) is 5.43. The summed E-state index contributed by atoms with van der Waals surface area (Å²) in [6, 6.07) is 5.81. The van der Waals surface area contributed by atoms with Gasteiger partial charge in [0.15, 0.2) is 0 Å². The Bertz CT molecular complexity index is 1900. The Labute approximate surface area is 256 Å². The van der Waals surface area contributed by atoms with Crippen molar-refractivity contribution < 1.29 is 13.2 Å². The van der Waals surface area contributed by atoms with Crippen molar-refractivity contribution in [1.29, 1.82) is 0 Å². The molecule has 1 aliphatic heterocycles. The lowest BCUT2D eigenvalue weighted by Crippen LogP contribution is -2.44. The van der Waals surface area contributed by atoms with Crippen molar-refractivity contribution in [3.63, 3.8) is 0 Å². The standard InChI is InChI=1S/C29H33F3N12O/c1-18-24(36-17-44(18)28-35-16-37-41(28)4)21-13-19-15-34-27(39-25(19)43(26(21)45)12-11-40(2)3)38-20-5-6-23(22(14-20)29(30,31)32)42-9-7-33-8-10-42/h5-6,13-17,33H,7-12H2,1-4H3,(H,34,38,39). The normalized spacial score (nSPS) is 14.1. The van der Waals surface area contributed by atoms with Crippen molar-refractivity contribution in [3.05, 3.63) is 64.7 Å². The summed E-state index contributed by atoms with van der Waals surface area (Å²) >= 11 is 0. The molecule has 5 heterocycles. The van der Waals surface area contributed by atoms with E-state index in [4.69, 9.17) is 0 Å². The molecule has 0 spiro atoms. The smallest absolute Gasteiger partial charge is 0.368 e. The van der Waals surface area contributed by atoms with E-state index >= 15 is 0 Å². The Balaban J connectivity index is 1.39. The molecule has 13 nitrogen and oxygen atoms in total. The summed E-state index contributed by atoms with van der Waals surface area (Å²) in [7, 11) is 5.56. The summed E-state index contributed by atoms with van der Waals surface area (Å²) < 4.78 is 47.3. The van der Waals surface area contributed by atoms with Gasteiger partial charge in [0.2, 0.25) is 11.9 Å². The third-order valence-corrected chi connectivity index (χ3v) is 7.78. The highest BCUT2D eigenvalue weighted by atomic mass is 19.4. The molecule has 0 aliphatic carbocycles. The largest absolute Gasteiger partial charge is 0.418 e. The maximum Gasteiger partial charge on any atom is 0.418 e. The number of hydrogen-bond donors (Lipinski definition) is 2. The number of likely N-dealkylation sites (N-methyl/N-ethyl adjacent to an activating group) is 1. The Kier molecular flexibility index (Phi) is 8.01. The first-order valence-electron chi connectivity index (χ1n) is 14.4. The van der Waals surface area contributed by atoms with Crippen LogP contribution < -0.4 is 21.1 Å². The number of hydrogen-bond acceptors (Lipinski definition) is 10. The van der Waals surface area contributed by atoms with E-state index in [-0.39, 0.29) is 22.9 Å². The highest BCUT2D eigenvalue weighted by Gasteiger charge is 2.35. The summed E-state index contributed by atoms with van der Waals surface area (Å²) in [5.74, 6) is 0.618. The van der Waals surface area contributed by atoms with Crippen molar-refractivity contribution in [2.24, 2.45) is 7.05 Å². The quantitative estimate of drug-likeness (QED) is 0.267. The van der Waals surface area contributed by atoms with Gasteiger partial charge in [-0.05, 0) is 45.3 Å². The van der Waals surface area contributed by atoms with Crippen LogP contribution in [0.1, 0.15) is 11.3 Å². The molecule has 236 valence electrons. The minimum atomic E-state index is -4.55. The monoisotopic (exact) mass is 622 g/mol. The maximum absolute atomic E-state index is 14.1. The number of pyridine rings is 1. The SMILES string of the molecule is Cc1c(-c2cc3cnc(Nc4ccc(N5CCNCC5)c(C(F)(F)F)c4)nc3n(CCN(C)C)c2=O)ncn1-c1ncnn1C. The average molecular weight is 623 g/mol. The fourth-order valence-electron chi connectivity index (χ4n) is 5.43. The van der Waals surface area contributed by atoms with Gasteiger partial charge in [0.1, 0.15) is 18.3 Å². The van der Waals surface area contributed by atoms with Crippen LogP contribution in [0.2, 0.25) is 0 Å². The third-order valence-electron chi connectivity index (χ3n) is 7.78. The number of benzene rings is 1. The van der Waals surface area contributed by atoms with E-state index < -0.39 is 11.7 Å². The molecule has 0 radical (unpaired) electrons. The summed E-state index contributed by atoms with van der Waals surface area (Å²) in [4.78, 5) is 35.4. The number of nitrogens with one attached hydrogen (secondary N) is 2. The second-order valence-corrected chi connectivity index (χ2v) is 11.1. The second kappa shape index (κ2) is 11.9. The number of fused-ring (bicyclic) bond motifs is 1. The molecule has 5 aromatic rings. The molecule has 0 bridgehead atoms. The zero-order chi connectivity index (χ0) is 31.9. The summed E-state index contributed by atoms with van der Waals surface area (Å²) in [6.07, 6.45) is 0.0265. The predicted octanol–water partition coefficient (Wildman–Crippen LogP) is 2.81. The molecular weight excluding hydrogens is 589 g/mol. The van der Waals surface area contributed by atoms with Crippen LogP contribution in [0.5, 0.6) is 0 Å². The van der Waals surface area contributed by atoms with Crippen LogP contribution in [-0.4, -0.2) is 90.6 Å². The lowest BCUT2D eigenvalue weighted by atomic mass is 10.1. The highest BCUT2D eigenvalue weighted by molar-refractivity contribution is 5.81. The van der Waals surface area contributed by atoms with Gasteiger partial charge in [-0.25, -0.2) is 14.6 Å². The number of rotatable bonds is 8. The minimum absolute atomic E-state index is 0.0686. The van der Waals surface area contributed by atoms with Gasteiger partial charge in [0.25, 0.3) is 5.56 Å². The minimum Gasteiger partial charge on any atom is -0.368 e. The zero-order valence-corrected chi connectivity index (χ0v) is 25.3. The summed E-state index contributed by atoms with van der Waals surface area (Å²) in [5, 5.41) is 10.8. The van der Waals surface area contributed by atoms with Crippen LogP contribution in [0.15, 0.2) is 47.9 Å². The Morgan fingerprint density at radius 1 is 1.09 bits per heavy atom. The predicted molar refractivity (Wildman–Crippen MR) is 164 cm³/mol. The molecule has 1 saturated heterocycles. The first-order valence-corrected chi connectivity index (χ1v) is 14.4. The number of alkyl halides is 3. The van der Waals surface area contributed by atoms with Crippen LogP contribution in [0.4, 0.5) is 30.5 Å². The van der Waals surface area contributed by atoms with Gasteiger partial charge >= 0.3 is 6.18 Å². The van der Waals surface area contributed by atoms with Gasteiger partial charge in [-0.3, -0.25) is 13.9 Å². The molecule has 0 saturated carbocycles. The van der Waals surface area contributed by atoms with E-state index in [0.29, 0.717) is 73.2 Å². The lowest BCUT2D eigenvalue weighted by molar-refractivity contribution is -0.137. The maximum atomic E-state index is 14.1. The first kappa shape index (κ1) is 30.2. The second-order valence-electron chi connectivity index (χ2n) is 11.1. The number of piperazine rings is 1. The molecule has 0 amide bonds. The molecule has 16 heteroatoms. The molecule has 1 fully saturated rings. The lowest BCUT2D eigenvalue weighted by Gasteiger charge is -2.31. The van der Waals surface area contributed by atoms with Crippen molar-refractivity contribution in [2.75, 3.05) is 57.0 Å². The van der Waals surface area contributed by atoms with Crippen molar-refractivity contribution in [3.8, 4) is 17.2 Å². The average Bonchev–Trinajstić information content (AvgIpc) is 3.60. The van der Waals surface area contributed by atoms with Crippen LogP contribution in [-0.2, 0) is 19.8 Å². The summed E-state index contributed by atoms with van der Waals surface area (Å²) in [5.41, 5.74) is 1.17. The van der Waals surface area contributed by atoms with E-state index in [1.807, 2.05) is 25.9 Å². The van der Waals surface area contributed by atoms with Gasteiger partial charge < -0.3 is 20.4 Å². The molecule has 0 atom stereocenters. The first-order chi connectivity index (χ1) is 21.5. The van der Waals surface area contributed by atoms with E-state index in [9.17, 15) is 18.0 Å². The number of aromatic nitrogens is 8. The molecule has 0 unspecified atom stereocenters. The molecule has 2 N–H and O–H groups in total. The molecule has 6 rings (SSSR count). The third kappa shape index (κ3) is 5.98. The van der Waals surface area contributed by atoms with Gasteiger partial charge in [0.05, 0.1) is 22.5 Å². The van der Waals surface area contributed by atoms with Crippen LogP contribution in [0.3, 0.4) is 0 Å². The number of anilines is 3. The molecule has 1 aliphatic rings. The van der Waals surface area contributed by atoms with Gasteiger partial charge in [-0.2, -0.15) is 28.2 Å². The zero-order valence-electron chi connectivity index (χ0n) is 25.3. The van der Waals surface area contributed by atoms with E-state index in [1.54, 1.807) is 50.4 Å². The van der Waals surface area contributed by atoms with Crippen LogP contribution >= 0.6 is 0 Å². The number of halogens is 3. The van der Waals surface area contributed by atoms with E-state index in [2.05, 4.69) is 35.7 Å². The Hall–Kier alpha value is -4.83. The summed E-state index contributed by atoms with van der Waals surface area (Å²) in [6.45, 7) is 4.89. The van der Waals surface area contributed by atoms with E-state index in [1.165, 1.54) is 12.4 Å². The highest BCUT2D eigenvalue weighted by Crippen LogP contribution is 2.39. The molecular formula is C29H33F3N12O. The van der Waals surface area contributed by atoms with Crippen molar-refractivity contribution in [2.45, 2.75) is 19.6 Å². The van der Waals surface area contributed by atoms with Crippen LogP contribution in [0, 0.1) is 6.92 Å². The Morgan fingerprint density at radius 2 is 1.87 bits per heavy atom. The topological polar surface area (TPSA) is 127 Å². The van der Waals surface area contributed by atoms with Crippen LogP contribution in [0.25, 0.3) is 28.2 Å². The Morgan fingerprint density at radius 3 is 2.56 bits per heavy atom. The van der Waals surface area contributed by atoms with Gasteiger partial charge in [-0.1, -0.05) is 0 Å². The molecule has 4 aromatic heterocycles. The van der Waals surface area contributed by atoms with Gasteiger partial charge in [0, 0.05) is 69.3 Å². The van der Waals surface area contributed by atoms with Crippen molar-refractivity contribution in [1.82, 2.24) is 49.1 Å². The number of imidazole rings is 1. The number of nitrogens with zero attached hydrogens (tertiary/aromatic N) is 10. The number of aryl methyl sites for hydroxylation is 1. The van der Waals surface area contributed by atoms with E-state index in [0.717, 1.165) is 6.07 Å².